The molecule has 12 nitrogen and oxygen atoms in total. The minimum Gasteiger partial charge on any atom is -0.497 e. The Morgan fingerprint density at radius 3 is 2.36 bits per heavy atom. The highest BCUT2D eigenvalue weighted by atomic mass is 35.5. The quantitative estimate of drug-likeness (QED) is 0.152. The molecule has 0 bridgehead atoms. The number of halogens is 2. The molecule has 1 fully saturated rings. The highest BCUT2D eigenvalue weighted by Crippen LogP contribution is 2.33. The molecule has 0 spiro atoms. The maximum absolute atomic E-state index is 15.1. The number of carbonyl (C=O) groups excluding carboxylic acids is 1. The standard InChI is InChI=1S/C36H42ClFN6O6/c1-24(2)43-16-14-42(15-17-43)18-19-49-31-10-7-27(22-29(31)38)40-35-39-13-12-34(41-35)44(23-25-20-28(46-3)8-11-30(25)47-4)36(45)50-32-9-6-26(37)21-33(32)48-5/h6-13,20-22,24H,14-19,23H2,1-5H3,(H,39,40,41). The van der Waals surface area contributed by atoms with E-state index in [1.54, 1.807) is 49.6 Å². The SMILES string of the molecule is COc1ccc(OC)c(CN(C(=O)Oc2ccc(Cl)cc2OC)c2ccnc(Nc3ccc(OCCN4CCN(C(C)C)CC4)c(F)c3)n2)c1. The van der Waals surface area contributed by atoms with Crippen LogP contribution in [0, 0.1) is 5.82 Å². The first-order chi connectivity index (χ1) is 24.2. The summed E-state index contributed by atoms with van der Waals surface area (Å²) in [5, 5.41) is 3.43. The number of hydrogen-bond acceptors (Lipinski definition) is 11. The van der Waals surface area contributed by atoms with Gasteiger partial charge in [0, 0.05) is 73.4 Å². The van der Waals surface area contributed by atoms with Crippen LogP contribution in [0.15, 0.2) is 66.9 Å². The second-order valence-electron chi connectivity index (χ2n) is 11.8. The van der Waals surface area contributed by atoms with Crippen LogP contribution in [-0.4, -0.2) is 92.6 Å². The molecule has 1 saturated heterocycles. The Morgan fingerprint density at radius 2 is 1.66 bits per heavy atom. The van der Waals surface area contributed by atoms with Gasteiger partial charge in [-0.15, -0.1) is 0 Å². The van der Waals surface area contributed by atoms with Crippen LogP contribution in [0.5, 0.6) is 28.7 Å². The molecule has 3 aromatic carbocycles. The molecule has 0 saturated carbocycles. The minimum absolute atomic E-state index is 0.0142. The molecule has 0 aliphatic carbocycles. The highest BCUT2D eigenvalue weighted by Gasteiger charge is 2.24. The van der Waals surface area contributed by atoms with Crippen LogP contribution in [0.25, 0.3) is 0 Å². The summed E-state index contributed by atoms with van der Waals surface area (Å²) in [6, 6.07) is 16.5. The molecular formula is C36H42ClFN6O6. The zero-order valence-corrected chi connectivity index (χ0v) is 29.6. The van der Waals surface area contributed by atoms with Gasteiger partial charge >= 0.3 is 6.09 Å². The Labute approximate surface area is 296 Å². The monoisotopic (exact) mass is 708 g/mol. The predicted molar refractivity (Wildman–Crippen MR) is 190 cm³/mol. The third kappa shape index (κ3) is 9.43. The number of nitrogens with one attached hydrogen (secondary N) is 1. The van der Waals surface area contributed by atoms with Gasteiger partial charge in [0.25, 0.3) is 0 Å². The smallest absolute Gasteiger partial charge is 0.421 e. The van der Waals surface area contributed by atoms with Crippen LogP contribution < -0.4 is 33.9 Å². The zero-order chi connectivity index (χ0) is 35.6. The number of amides is 1. The van der Waals surface area contributed by atoms with Crippen molar-refractivity contribution < 1.29 is 32.9 Å². The van der Waals surface area contributed by atoms with E-state index >= 15 is 4.39 Å². The van der Waals surface area contributed by atoms with Crippen molar-refractivity contribution in [3.63, 3.8) is 0 Å². The average Bonchev–Trinajstić information content (AvgIpc) is 3.12. The van der Waals surface area contributed by atoms with Crippen molar-refractivity contribution in [1.82, 2.24) is 19.8 Å². The Morgan fingerprint density at radius 1 is 0.920 bits per heavy atom. The third-order valence-electron chi connectivity index (χ3n) is 8.27. The van der Waals surface area contributed by atoms with E-state index < -0.39 is 11.9 Å². The fourth-order valence-corrected chi connectivity index (χ4v) is 5.62. The molecule has 0 unspecified atom stereocenters. The number of ether oxygens (including phenoxy) is 5. The van der Waals surface area contributed by atoms with Crippen molar-refractivity contribution in [3.05, 3.63) is 83.3 Å². The molecule has 266 valence electrons. The van der Waals surface area contributed by atoms with Crippen molar-refractivity contribution in [1.29, 1.82) is 0 Å². The predicted octanol–water partition coefficient (Wildman–Crippen LogP) is 6.65. The molecule has 1 amide bonds. The molecule has 1 aromatic heterocycles. The maximum atomic E-state index is 15.1. The summed E-state index contributed by atoms with van der Waals surface area (Å²) in [4.78, 5) is 28.7. The lowest BCUT2D eigenvalue weighted by Crippen LogP contribution is -2.49. The molecule has 50 heavy (non-hydrogen) atoms. The highest BCUT2D eigenvalue weighted by molar-refractivity contribution is 6.30. The van der Waals surface area contributed by atoms with Gasteiger partial charge in [0.15, 0.2) is 23.1 Å². The Kier molecular flexibility index (Phi) is 12.5. The fraction of sp³-hybridized carbons (Fsp3) is 0.361. The van der Waals surface area contributed by atoms with Crippen molar-refractivity contribution in [3.8, 4) is 28.7 Å². The van der Waals surface area contributed by atoms with E-state index in [-0.39, 0.29) is 35.6 Å². The van der Waals surface area contributed by atoms with Crippen LogP contribution in [0.2, 0.25) is 5.02 Å². The summed E-state index contributed by atoms with van der Waals surface area (Å²) in [5.41, 5.74) is 1.02. The molecule has 4 aromatic rings. The second-order valence-corrected chi connectivity index (χ2v) is 12.2. The summed E-state index contributed by atoms with van der Waals surface area (Å²) < 4.78 is 43.0. The van der Waals surface area contributed by atoms with E-state index in [1.807, 2.05) is 0 Å². The van der Waals surface area contributed by atoms with E-state index in [1.165, 1.54) is 43.5 Å². The molecular weight excluding hydrogens is 667 g/mol. The number of aromatic nitrogens is 2. The van der Waals surface area contributed by atoms with E-state index in [0.29, 0.717) is 40.4 Å². The van der Waals surface area contributed by atoms with Gasteiger partial charge in [-0.3, -0.25) is 14.7 Å². The number of nitrogens with zero attached hydrogens (tertiary/aromatic N) is 5. The Hall–Kier alpha value is -4.85. The summed E-state index contributed by atoms with van der Waals surface area (Å²) >= 11 is 6.11. The van der Waals surface area contributed by atoms with Gasteiger partial charge in [-0.2, -0.15) is 4.98 Å². The molecule has 0 radical (unpaired) electrons. The van der Waals surface area contributed by atoms with Crippen LogP contribution in [0.4, 0.5) is 26.6 Å². The molecule has 5 rings (SSSR count). The van der Waals surface area contributed by atoms with Crippen molar-refractivity contribution in [2.24, 2.45) is 0 Å². The van der Waals surface area contributed by atoms with E-state index in [0.717, 1.165) is 32.7 Å². The number of benzene rings is 3. The summed E-state index contributed by atoms with van der Waals surface area (Å²) in [7, 11) is 4.52. The Bertz CT molecular complexity index is 1760. The molecule has 0 atom stereocenters. The van der Waals surface area contributed by atoms with E-state index in [9.17, 15) is 4.79 Å². The largest absolute Gasteiger partial charge is 0.497 e. The zero-order valence-electron chi connectivity index (χ0n) is 28.8. The lowest BCUT2D eigenvalue weighted by atomic mass is 10.1. The van der Waals surface area contributed by atoms with Gasteiger partial charge in [-0.25, -0.2) is 14.2 Å². The van der Waals surface area contributed by atoms with Gasteiger partial charge in [-0.05, 0) is 62.4 Å². The number of piperazine rings is 1. The topological polar surface area (TPSA) is 111 Å². The van der Waals surface area contributed by atoms with Gasteiger partial charge in [-0.1, -0.05) is 11.6 Å². The van der Waals surface area contributed by atoms with Gasteiger partial charge in [0.2, 0.25) is 5.95 Å². The molecule has 1 N–H and O–H groups in total. The molecule has 1 aliphatic rings. The number of hydrogen-bond donors (Lipinski definition) is 1. The van der Waals surface area contributed by atoms with Crippen LogP contribution >= 0.6 is 11.6 Å². The molecule has 2 heterocycles. The van der Waals surface area contributed by atoms with Crippen LogP contribution in [0.3, 0.4) is 0 Å². The first-order valence-corrected chi connectivity index (χ1v) is 16.6. The lowest BCUT2D eigenvalue weighted by molar-refractivity contribution is 0.0965. The third-order valence-corrected chi connectivity index (χ3v) is 8.50. The number of methoxy groups -OCH3 is 3. The van der Waals surface area contributed by atoms with E-state index in [2.05, 4.69) is 38.9 Å². The summed E-state index contributed by atoms with van der Waals surface area (Å²) in [6.07, 6.45) is 0.709. The Balaban J connectivity index is 1.31. The number of rotatable bonds is 14. The van der Waals surface area contributed by atoms with Crippen molar-refractivity contribution in [2.45, 2.75) is 26.4 Å². The number of carbonyl (C=O) groups is 1. The number of anilines is 3. The fourth-order valence-electron chi connectivity index (χ4n) is 5.46. The minimum atomic E-state index is -0.769. The van der Waals surface area contributed by atoms with Crippen LogP contribution in [-0.2, 0) is 6.54 Å². The lowest BCUT2D eigenvalue weighted by Gasteiger charge is -2.36. The van der Waals surface area contributed by atoms with Crippen molar-refractivity contribution >= 4 is 35.1 Å². The first-order valence-electron chi connectivity index (χ1n) is 16.2. The normalized spacial score (nSPS) is 13.5. The molecule has 14 heteroatoms. The van der Waals surface area contributed by atoms with Crippen molar-refractivity contribution in [2.75, 3.05) is 70.9 Å². The summed E-state index contributed by atoms with van der Waals surface area (Å²) in [5.74, 6) is 1.46. The summed E-state index contributed by atoms with van der Waals surface area (Å²) in [6.45, 7) is 9.45. The second kappa shape index (κ2) is 17.2. The van der Waals surface area contributed by atoms with E-state index in [4.69, 9.17) is 35.3 Å². The van der Waals surface area contributed by atoms with Crippen LogP contribution in [0.1, 0.15) is 19.4 Å². The molecule has 1 aliphatic heterocycles. The van der Waals surface area contributed by atoms with Gasteiger partial charge in [0.05, 0.1) is 27.9 Å². The van der Waals surface area contributed by atoms with Gasteiger partial charge < -0.3 is 29.0 Å². The average molecular weight is 709 g/mol. The maximum Gasteiger partial charge on any atom is 0.421 e. The van der Waals surface area contributed by atoms with Gasteiger partial charge in [0.1, 0.15) is 23.9 Å². The first kappa shape index (κ1) is 36.4.